The van der Waals surface area contributed by atoms with Crippen LogP contribution in [0.5, 0.6) is 0 Å². The maximum atomic E-state index is 12.7. The number of carbonyl (C=O) groups excluding carboxylic acids is 3. The molecule has 8 atom stereocenters. The molecular formula is C32H56N7O18P3S. The lowest BCUT2D eigenvalue weighted by Gasteiger charge is -2.30. The zero-order valence-corrected chi connectivity index (χ0v) is 37.3. The number of ether oxygens (including phenoxy) is 1. The van der Waals surface area contributed by atoms with Crippen molar-refractivity contribution < 1.29 is 85.6 Å². The number of nitrogens with one attached hydrogen (secondary N) is 2. The Hall–Kier alpha value is -2.48. The number of aromatic nitrogens is 4. The van der Waals surface area contributed by atoms with E-state index in [1.165, 1.54) is 13.8 Å². The van der Waals surface area contributed by atoms with Gasteiger partial charge in [-0.2, -0.15) is 4.31 Å². The summed E-state index contributed by atoms with van der Waals surface area (Å²) in [5.41, 5.74) is 4.26. The van der Waals surface area contributed by atoms with E-state index < -0.39 is 84.6 Å². The normalized spacial score (nSPS) is 21.4. The molecule has 0 aromatic carbocycles. The molecule has 8 unspecified atom stereocenters. The second-order valence-corrected chi connectivity index (χ2v) is 20.1. The number of carbonyl (C=O) groups is 3. The van der Waals surface area contributed by atoms with E-state index in [0.717, 1.165) is 73.9 Å². The number of rotatable bonds is 28. The van der Waals surface area contributed by atoms with Crippen LogP contribution in [0.15, 0.2) is 12.7 Å². The fourth-order valence-electron chi connectivity index (χ4n) is 5.85. The molecule has 1 saturated heterocycles. The van der Waals surface area contributed by atoms with Gasteiger partial charge in [-0.25, -0.2) is 28.6 Å². The van der Waals surface area contributed by atoms with Crippen LogP contribution in [-0.2, 0) is 50.7 Å². The molecule has 61 heavy (non-hydrogen) atoms. The molecule has 3 heterocycles. The van der Waals surface area contributed by atoms with Crippen LogP contribution in [0.1, 0.15) is 84.8 Å². The van der Waals surface area contributed by atoms with Crippen molar-refractivity contribution in [3.05, 3.63) is 12.7 Å². The van der Waals surface area contributed by atoms with Crippen molar-refractivity contribution in [1.82, 2.24) is 30.2 Å². The van der Waals surface area contributed by atoms with Gasteiger partial charge in [0, 0.05) is 37.1 Å². The average molecular weight is 952 g/mol. The molecule has 1 aliphatic rings. The molecule has 0 bridgehead atoms. The lowest BCUT2D eigenvalue weighted by molar-refractivity contribution is -0.137. The Bertz CT molecular complexity index is 1910. The second kappa shape index (κ2) is 24.0. The molecule has 1 aliphatic heterocycles. The van der Waals surface area contributed by atoms with E-state index in [1.807, 2.05) is 6.92 Å². The monoisotopic (exact) mass is 951 g/mol. The van der Waals surface area contributed by atoms with Gasteiger partial charge in [-0.1, -0.05) is 58.2 Å². The van der Waals surface area contributed by atoms with Gasteiger partial charge in [-0.15, -0.1) is 0 Å². The van der Waals surface area contributed by atoms with Crippen molar-refractivity contribution in [2.45, 2.75) is 115 Å². The number of thioether (sulfide) groups is 1. The number of unbranched alkanes of at least 4 members (excludes halogenated alkanes) is 3. The standard InChI is InChI=1S/C32H56N7O18P3S/c1-4-9-20(40)10-7-5-6-8-11-23(42)61-15-14-34-22(41)12-13-35-30(45)27(44)32(2,3)17-54-60(51,52)57-59(49,50)53-16-21-26(56-58(46,47)48)25(43)31(55-21)39-19-38-24-28(33)36-18-37-29(24)39/h18-21,25-27,31,40,43-44H,4-17H2,1-3H3,(H,34,41)(H,35,45)(H,49,50)(H,51,52)(H2,33,36,37)(H2,46,47,48). The zero-order valence-electron chi connectivity index (χ0n) is 33.8. The summed E-state index contributed by atoms with van der Waals surface area (Å²) in [6.07, 6.45) is -0.783. The molecule has 29 heteroatoms. The van der Waals surface area contributed by atoms with E-state index >= 15 is 0 Å². The van der Waals surface area contributed by atoms with Gasteiger partial charge in [-0.05, 0) is 19.3 Å². The molecule has 3 rings (SSSR count). The van der Waals surface area contributed by atoms with E-state index in [9.17, 15) is 63.0 Å². The fraction of sp³-hybridized carbons (Fsp3) is 0.750. The summed E-state index contributed by atoms with van der Waals surface area (Å²) in [6.45, 7) is 2.52. The predicted octanol–water partition coefficient (Wildman–Crippen LogP) is 1.17. The average Bonchev–Trinajstić information content (AvgIpc) is 3.72. The van der Waals surface area contributed by atoms with Crippen molar-refractivity contribution >= 4 is 69.1 Å². The van der Waals surface area contributed by atoms with Crippen molar-refractivity contribution in [3.8, 4) is 0 Å². The van der Waals surface area contributed by atoms with Crippen molar-refractivity contribution in [2.24, 2.45) is 5.41 Å². The molecule has 25 nitrogen and oxygen atoms in total. The maximum Gasteiger partial charge on any atom is 0.481 e. The number of nitrogens with zero attached hydrogens (tertiary/aromatic N) is 4. The fourth-order valence-corrected chi connectivity index (χ4v) is 9.40. The van der Waals surface area contributed by atoms with E-state index in [-0.39, 0.29) is 47.7 Å². The third kappa shape index (κ3) is 17.9. The Labute approximate surface area is 355 Å². The number of fused-ring (bicyclic) bond motifs is 1. The van der Waals surface area contributed by atoms with Gasteiger partial charge in [0.05, 0.1) is 25.6 Å². The second-order valence-electron chi connectivity index (χ2n) is 14.7. The summed E-state index contributed by atoms with van der Waals surface area (Å²) in [5.74, 6) is -1.10. The highest BCUT2D eigenvalue weighted by Crippen LogP contribution is 2.61. The third-order valence-electron chi connectivity index (χ3n) is 9.05. The maximum absolute atomic E-state index is 12.7. The summed E-state index contributed by atoms with van der Waals surface area (Å²) in [6, 6.07) is 0. The molecule has 0 saturated carbocycles. The highest BCUT2D eigenvalue weighted by molar-refractivity contribution is 8.13. The van der Waals surface area contributed by atoms with Gasteiger partial charge in [-0.3, -0.25) is 32.5 Å². The van der Waals surface area contributed by atoms with Crippen LogP contribution >= 0.6 is 35.2 Å². The molecule has 0 radical (unpaired) electrons. The first kappa shape index (κ1) is 52.9. The minimum Gasteiger partial charge on any atom is -0.393 e. The molecule has 348 valence electrons. The number of amides is 2. The summed E-state index contributed by atoms with van der Waals surface area (Å²) in [4.78, 5) is 87.9. The zero-order chi connectivity index (χ0) is 45.6. The quantitative estimate of drug-likeness (QED) is 0.0422. The Morgan fingerprint density at radius 1 is 0.967 bits per heavy atom. The SMILES string of the molecule is CCCC(O)CCCCCCC(=O)SCCNC(=O)CCNC(=O)C(O)C(C)(C)COP(=O)(O)OP(=O)(O)OCC1OC(n2cnc3c(N)ncnc32)C(O)C1OP(=O)(O)O. The van der Waals surface area contributed by atoms with Crippen LogP contribution in [0.25, 0.3) is 11.2 Å². The molecular weight excluding hydrogens is 895 g/mol. The Morgan fingerprint density at radius 2 is 1.66 bits per heavy atom. The lowest BCUT2D eigenvalue weighted by Crippen LogP contribution is -2.46. The number of anilines is 1. The van der Waals surface area contributed by atoms with Crippen LogP contribution in [0.4, 0.5) is 5.82 Å². The molecule has 1 fully saturated rings. The van der Waals surface area contributed by atoms with Gasteiger partial charge in [0.15, 0.2) is 22.8 Å². The summed E-state index contributed by atoms with van der Waals surface area (Å²) in [5, 5.41) is 36.2. The van der Waals surface area contributed by atoms with Crippen LogP contribution in [0, 0.1) is 5.41 Å². The molecule has 11 N–H and O–H groups in total. The number of imidazole rings is 1. The number of aliphatic hydroxyl groups excluding tert-OH is 3. The lowest BCUT2D eigenvalue weighted by atomic mass is 9.87. The number of hydrogen-bond acceptors (Lipinski definition) is 19. The van der Waals surface area contributed by atoms with Gasteiger partial charge < -0.3 is 56.0 Å². The molecule has 0 spiro atoms. The van der Waals surface area contributed by atoms with Crippen LogP contribution in [0.3, 0.4) is 0 Å². The number of phosphoric acid groups is 3. The van der Waals surface area contributed by atoms with Crippen LogP contribution in [0.2, 0.25) is 0 Å². The van der Waals surface area contributed by atoms with Gasteiger partial charge in [0.1, 0.15) is 36.3 Å². The highest BCUT2D eigenvalue weighted by atomic mass is 32.2. The number of aliphatic hydroxyl groups is 3. The highest BCUT2D eigenvalue weighted by Gasteiger charge is 2.50. The van der Waals surface area contributed by atoms with Crippen LogP contribution < -0.4 is 16.4 Å². The summed E-state index contributed by atoms with van der Waals surface area (Å²) < 4.78 is 62.2. The number of hydrogen-bond donors (Lipinski definition) is 10. The topological polar surface area (TPSA) is 384 Å². The first-order valence-corrected chi connectivity index (χ1v) is 24.7. The smallest absolute Gasteiger partial charge is 0.393 e. The van der Waals surface area contributed by atoms with Crippen molar-refractivity contribution in [2.75, 3.05) is 37.8 Å². The predicted molar refractivity (Wildman–Crippen MR) is 216 cm³/mol. The molecule has 2 aromatic rings. The van der Waals surface area contributed by atoms with Gasteiger partial charge in [0.25, 0.3) is 0 Å². The molecule has 2 aromatic heterocycles. The van der Waals surface area contributed by atoms with Gasteiger partial charge >= 0.3 is 23.5 Å². The van der Waals surface area contributed by atoms with Crippen molar-refractivity contribution in [3.63, 3.8) is 0 Å². The van der Waals surface area contributed by atoms with Crippen LogP contribution in [-0.4, -0.2) is 134 Å². The Kier molecular flexibility index (Phi) is 20.8. The largest absolute Gasteiger partial charge is 0.481 e. The third-order valence-corrected chi connectivity index (χ3v) is 13.1. The number of nitrogens with two attached hydrogens (primary N) is 1. The first-order valence-electron chi connectivity index (χ1n) is 19.2. The summed E-state index contributed by atoms with van der Waals surface area (Å²) in [7, 11) is -16.4. The molecule has 0 aliphatic carbocycles. The minimum atomic E-state index is -5.58. The number of phosphoric ester groups is 3. The van der Waals surface area contributed by atoms with E-state index in [0.29, 0.717) is 12.2 Å². The Balaban J connectivity index is 1.39. The van der Waals surface area contributed by atoms with E-state index in [1.54, 1.807) is 0 Å². The van der Waals surface area contributed by atoms with Crippen molar-refractivity contribution in [1.29, 1.82) is 0 Å². The van der Waals surface area contributed by atoms with E-state index in [4.69, 9.17) is 19.5 Å². The molecule has 2 amide bonds. The van der Waals surface area contributed by atoms with E-state index in [2.05, 4.69) is 34.4 Å². The first-order chi connectivity index (χ1) is 28.4. The summed E-state index contributed by atoms with van der Waals surface area (Å²) >= 11 is 1.11. The Morgan fingerprint density at radius 3 is 2.34 bits per heavy atom. The number of nitrogen functional groups attached to an aromatic ring is 1. The minimum absolute atomic E-state index is 0.0113. The van der Waals surface area contributed by atoms with Gasteiger partial charge in [0.2, 0.25) is 11.8 Å².